The molecule has 0 amide bonds. The van der Waals surface area contributed by atoms with Crippen molar-refractivity contribution in [2.24, 2.45) is 7.05 Å². The standard InChI is InChI=1S/C10H20N4O/c1-5-8-9(11)10(14(3)13-8)12-6-7(2)15-4/h7,12H,5-6,11H2,1-4H3. The van der Waals surface area contributed by atoms with E-state index >= 15 is 0 Å². The van der Waals surface area contributed by atoms with Gasteiger partial charge in [-0.3, -0.25) is 4.68 Å². The maximum Gasteiger partial charge on any atom is 0.147 e. The number of nitrogen functional groups attached to an aromatic ring is 1. The van der Waals surface area contributed by atoms with Gasteiger partial charge in [0.25, 0.3) is 0 Å². The zero-order valence-electron chi connectivity index (χ0n) is 9.87. The molecule has 0 aliphatic rings. The Balaban J connectivity index is 2.72. The van der Waals surface area contributed by atoms with E-state index in [0.29, 0.717) is 0 Å². The average Bonchev–Trinajstić information content (AvgIpc) is 2.51. The van der Waals surface area contributed by atoms with Gasteiger partial charge in [-0.2, -0.15) is 5.10 Å². The van der Waals surface area contributed by atoms with E-state index in [2.05, 4.69) is 10.4 Å². The van der Waals surface area contributed by atoms with Crippen LogP contribution in [0.25, 0.3) is 0 Å². The lowest BCUT2D eigenvalue weighted by molar-refractivity contribution is 0.128. The number of nitrogens with two attached hydrogens (primary N) is 1. The van der Waals surface area contributed by atoms with Crippen molar-refractivity contribution in [3.05, 3.63) is 5.69 Å². The van der Waals surface area contributed by atoms with Crippen LogP contribution in [0.15, 0.2) is 0 Å². The molecule has 5 heteroatoms. The molecule has 0 aliphatic heterocycles. The van der Waals surface area contributed by atoms with E-state index < -0.39 is 0 Å². The molecule has 15 heavy (non-hydrogen) atoms. The fourth-order valence-corrected chi connectivity index (χ4v) is 1.39. The summed E-state index contributed by atoms with van der Waals surface area (Å²) in [5.41, 5.74) is 7.63. The molecule has 0 aliphatic carbocycles. The van der Waals surface area contributed by atoms with Crippen LogP contribution in [0.3, 0.4) is 0 Å². The predicted octanol–water partition coefficient (Wildman–Crippen LogP) is 1.01. The van der Waals surface area contributed by atoms with Crippen molar-refractivity contribution in [1.29, 1.82) is 0 Å². The van der Waals surface area contributed by atoms with Crippen molar-refractivity contribution in [2.75, 3.05) is 24.7 Å². The van der Waals surface area contributed by atoms with E-state index in [-0.39, 0.29) is 6.10 Å². The minimum absolute atomic E-state index is 0.157. The van der Waals surface area contributed by atoms with Gasteiger partial charge in [0.1, 0.15) is 5.82 Å². The zero-order chi connectivity index (χ0) is 11.4. The first-order valence-corrected chi connectivity index (χ1v) is 5.18. The van der Waals surface area contributed by atoms with E-state index in [1.54, 1.807) is 11.8 Å². The van der Waals surface area contributed by atoms with Gasteiger partial charge < -0.3 is 15.8 Å². The smallest absolute Gasteiger partial charge is 0.147 e. The van der Waals surface area contributed by atoms with E-state index in [1.807, 2.05) is 20.9 Å². The summed E-state index contributed by atoms with van der Waals surface area (Å²) in [6.45, 7) is 4.77. The molecule has 86 valence electrons. The SMILES string of the molecule is CCc1nn(C)c(NCC(C)OC)c1N. The number of anilines is 2. The van der Waals surface area contributed by atoms with Crippen LogP contribution >= 0.6 is 0 Å². The highest BCUT2D eigenvalue weighted by Crippen LogP contribution is 2.21. The largest absolute Gasteiger partial charge is 0.394 e. The molecule has 0 radical (unpaired) electrons. The summed E-state index contributed by atoms with van der Waals surface area (Å²) in [6.07, 6.45) is 1.01. The molecule has 0 spiro atoms. The number of hydrogen-bond donors (Lipinski definition) is 2. The van der Waals surface area contributed by atoms with E-state index in [1.165, 1.54) is 0 Å². The first-order valence-electron chi connectivity index (χ1n) is 5.18. The molecule has 5 nitrogen and oxygen atoms in total. The van der Waals surface area contributed by atoms with Crippen LogP contribution in [0.1, 0.15) is 19.5 Å². The van der Waals surface area contributed by atoms with Crippen molar-refractivity contribution < 1.29 is 4.74 Å². The van der Waals surface area contributed by atoms with Crippen molar-refractivity contribution in [1.82, 2.24) is 9.78 Å². The quantitative estimate of drug-likeness (QED) is 0.764. The molecule has 1 atom stereocenters. The monoisotopic (exact) mass is 212 g/mol. The van der Waals surface area contributed by atoms with Crippen molar-refractivity contribution in [3.63, 3.8) is 0 Å². The number of nitrogens with zero attached hydrogens (tertiary/aromatic N) is 2. The van der Waals surface area contributed by atoms with Crippen molar-refractivity contribution >= 4 is 11.5 Å². The lowest BCUT2D eigenvalue weighted by Gasteiger charge is -2.12. The Bertz CT molecular complexity index is 321. The molecule has 0 aromatic carbocycles. The Labute approximate surface area is 90.6 Å². The third kappa shape index (κ3) is 2.62. The number of hydrogen-bond acceptors (Lipinski definition) is 4. The van der Waals surface area contributed by atoms with Crippen LogP contribution < -0.4 is 11.1 Å². The number of rotatable bonds is 5. The summed E-state index contributed by atoms with van der Waals surface area (Å²) in [5.74, 6) is 0.871. The molecule has 1 aromatic rings. The number of nitrogens with one attached hydrogen (secondary N) is 1. The Kier molecular flexibility index (Phi) is 3.96. The molecule has 3 N–H and O–H groups in total. The number of aryl methyl sites for hydroxylation is 2. The van der Waals surface area contributed by atoms with Crippen LogP contribution in [0.5, 0.6) is 0 Å². The van der Waals surface area contributed by atoms with Crippen LogP contribution in [0, 0.1) is 0 Å². The van der Waals surface area contributed by atoms with Crippen LogP contribution in [0.2, 0.25) is 0 Å². The highest BCUT2D eigenvalue weighted by molar-refractivity contribution is 5.64. The summed E-state index contributed by atoms with van der Waals surface area (Å²) in [4.78, 5) is 0. The second-order valence-electron chi connectivity index (χ2n) is 3.61. The van der Waals surface area contributed by atoms with Crippen molar-refractivity contribution in [3.8, 4) is 0 Å². The second-order valence-corrected chi connectivity index (χ2v) is 3.61. The van der Waals surface area contributed by atoms with Crippen LogP contribution in [-0.2, 0) is 18.2 Å². The minimum Gasteiger partial charge on any atom is -0.394 e. The van der Waals surface area contributed by atoms with Gasteiger partial charge in [0.15, 0.2) is 0 Å². The van der Waals surface area contributed by atoms with Crippen LogP contribution in [-0.4, -0.2) is 29.5 Å². The van der Waals surface area contributed by atoms with E-state index in [4.69, 9.17) is 10.5 Å². The molecular weight excluding hydrogens is 192 g/mol. The maximum absolute atomic E-state index is 5.96. The van der Waals surface area contributed by atoms with Gasteiger partial charge in [-0.05, 0) is 13.3 Å². The van der Waals surface area contributed by atoms with Gasteiger partial charge in [-0.25, -0.2) is 0 Å². The van der Waals surface area contributed by atoms with Gasteiger partial charge >= 0.3 is 0 Å². The fourth-order valence-electron chi connectivity index (χ4n) is 1.39. The first-order chi connectivity index (χ1) is 7.10. The Morgan fingerprint density at radius 2 is 2.27 bits per heavy atom. The highest BCUT2D eigenvalue weighted by Gasteiger charge is 2.11. The van der Waals surface area contributed by atoms with Gasteiger partial charge in [-0.1, -0.05) is 6.92 Å². The molecule has 1 heterocycles. The minimum atomic E-state index is 0.157. The zero-order valence-corrected chi connectivity index (χ0v) is 9.87. The molecule has 0 bridgehead atoms. The van der Waals surface area contributed by atoms with Crippen molar-refractivity contribution in [2.45, 2.75) is 26.4 Å². The summed E-state index contributed by atoms with van der Waals surface area (Å²) in [5, 5.41) is 7.56. The van der Waals surface area contributed by atoms with Gasteiger partial charge in [0.2, 0.25) is 0 Å². The summed E-state index contributed by atoms with van der Waals surface area (Å²) in [7, 11) is 3.58. The van der Waals surface area contributed by atoms with Gasteiger partial charge in [0.05, 0.1) is 17.5 Å². The normalized spacial score (nSPS) is 12.8. The molecule has 0 saturated heterocycles. The molecular formula is C10H20N4O. The van der Waals surface area contributed by atoms with Crippen LogP contribution in [0.4, 0.5) is 11.5 Å². The lowest BCUT2D eigenvalue weighted by Crippen LogP contribution is -2.20. The molecule has 1 rings (SSSR count). The predicted molar refractivity (Wildman–Crippen MR) is 62.0 cm³/mol. The summed E-state index contributed by atoms with van der Waals surface area (Å²) in [6, 6.07) is 0. The van der Waals surface area contributed by atoms with Gasteiger partial charge in [0, 0.05) is 20.7 Å². The summed E-state index contributed by atoms with van der Waals surface area (Å²) >= 11 is 0. The fraction of sp³-hybridized carbons (Fsp3) is 0.700. The molecule has 1 aromatic heterocycles. The summed E-state index contributed by atoms with van der Waals surface area (Å²) < 4.78 is 6.93. The Morgan fingerprint density at radius 3 is 2.73 bits per heavy atom. The average molecular weight is 212 g/mol. The lowest BCUT2D eigenvalue weighted by atomic mass is 10.3. The molecule has 0 saturated carbocycles. The maximum atomic E-state index is 5.96. The Hall–Kier alpha value is -1.23. The second kappa shape index (κ2) is 5.02. The van der Waals surface area contributed by atoms with E-state index in [0.717, 1.165) is 30.2 Å². The topological polar surface area (TPSA) is 65.1 Å². The Morgan fingerprint density at radius 1 is 1.60 bits per heavy atom. The third-order valence-corrected chi connectivity index (χ3v) is 2.45. The van der Waals surface area contributed by atoms with E-state index in [9.17, 15) is 0 Å². The number of aromatic nitrogens is 2. The van der Waals surface area contributed by atoms with Gasteiger partial charge in [-0.15, -0.1) is 0 Å². The number of ether oxygens (including phenoxy) is 1. The highest BCUT2D eigenvalue weighted by atomic mass is 16.5. The molecule has 0 fully saturated rings. The first kappa shape index (κ1) is 11.8. The molecule has 1 unspecified atom stereocenters. The third-order valence-electron chi connectivity index (χ3n) is 2.45. The number of methoxy groups -OCH3 is 1.